The summed E-state index contributed by atoms with van der Waals surface area (Å²) in [6, 6.07) is 14.0. The number of nitrogens with two attached hydrogens (primary N) is 1. The Labute approximate surface area is 126 Å². The zero-order chi connectivity index (χ0) is 15.1. The van der Waals surface area contributed by atoms with Crippen molar-refractivity contribution in [1.82, 2.24) is 0 Å². The SMILES string of the molecule is Cc1cc(CN)cc(C)c1OCCCOc1ccccc1. The Morgan fingerprint density at radius 2 is 1.52 bits per heavy atom. The quantitative estimate of drug-likeness (QED) is 0.790. The minimum absolute atomic E-state index is 0.562. The first-order chi connectivity index (χ1) is 10.2. The van der Waals surface area contributed by atoms with Gasteiger partial charge in [0.25, 0.3) is 0 Å². The number of benzene rings is 2. The van der Waals surface area contributed by atoms with Gasteiger partial charge in [0.15, 0.2) is 0 Å². The molecule has 0 heterocycles. The van der Waals surface area contributed by atoms with Crippen molar-refractivity contribution in [2.45, 2.75) is 26.8 Å². The molecular weight excluding hydrogens is 262 g/mol. The summed E-state index contributed by atoms with van der Waals surface area (Å²) in [5.41, 5.74) is 9.10. The molecule has 0 spiro atoms. The van der Waals surface area contributed by atoms with Gasteiger partial charge in [0, 0.05) is 13.0 Å². The van der Waals surface area contributed by atoms with Crippen LogP contribution in [0.5, 0.6) is 11.5 Å². The summed E-state index contributed by atoms with van der Waals surface area (Å²) in [4.78, 5) is 0. The van der Waals surface area contributed by atoms with Crippen LogP contribution in [0.25, 0.3) is 0 Å². The maximum absolute atomic E-state index is 5.88. The van der Waals surface area contributed by atoms with E-state index in [2.05, 4.69) is 26.0 Å². The highest BCUT2D eigenvalue weighted by molar-refractivity contribution is 5.43. The van der Waals surface area contributed by atoms with Crippen molar-refractivity contribution in [1.29, 1.82) is 0 Å². The number of para-hydroxylation sites is 1. The van der Waals surface area contributed by atoms with E-state index in [1.54, 1.807) is 0 Å². The van der Waals surface area contributed by atoms with Gasteiger partial charge in [0.05, 0.1) is 13.2 Å². The van der Waals surface area contributed by atoms with E-state index >= 15 is 0 Å². The fourth-order valence-electron chi connectivity index (χ4n) is 2.33. The smallest absolute Gasteiger partial charge is 0.125 e. The summed E-state index contributed by atoms with van der Waals surface area (Å²) in [5.74, 6) is 1.86. The molecule has 0 fully saturated rings. The molecule has 0 saturated heterocycles. The minimum Gasteiger partial charge on any atom is -0.493 e. The summed E-state index contributed by atoms with van der Waals surface area (Å²) >= 11 is 0. The highest BCUT2D eigenvalue weighted by Crippen LogP contribution is 2.24. The molecule has 0 bridgehead atoms. The van der Waals surface area contributed by atoms with Crippen LogP contribution in [0.2, 0.25) is 0 Å². The van der Waals surface area contributed by atoms with Crippen LogP contribution in [0, 0.1) is 13.8 Å². The van der Waals surface area contributed by atoms with Crippen LogP contribution in [0.3, 0.4) is 0 Å². The van der Waals surface area contributed by atoms with E-state index in [1.807, 2.05) is 30.3 Å². The highest BCUT2D eigenvalue weighted by atomic mass is 16.5. The van der Waals surface area contributed by atoms with Gasteiger partial charge in [-0.05, 0) is 42.7 Å². The van der Waals surface area contributed by atoms with E-state index < -0.39 is 0 Å². The molecule has 2 aromatic rings. The molecule has 0 atom stereocenters. The molecule has 21 heavy (non-hydrogen) atoms. The first-order valence-electron chi connectivity index (χ1n) is 7.31. The van der Waals surface area contributed by atoms with Crippen LogP contribution in [0.1, 0.15) is 23.1 Å². The second kappa shape index (κ2) is 7.70. The molecule has 0 aliphatic carbocycles. The molecular formula is C18H23NO2. The Bertz CT molecular complexity index is 544. The fraction of sp³-hybridized carbons (Fsp3) is 0.333. The van der Waals surface area contributed by atoms with Crippen molar-refractivity contribution in [3.05, 3.63) is 59.2 Å². The van der Waals surface area contributed by atoms with Gasteiger partial charge >= 0.3 is 0 Å². The average Bonchev–Trinajstić information content (AvgIpc) is 2.50. The largest absolute Gasteiger partial charge is 0.493 e. The van der Waals surface area contributed by atoms with Gasteiger partial charge in [-0.2, -0.15) is 0 Å². The molecule has 2 aromatic carbocycles. The van der Waals surface area contributed by atoms with Crippen molar-refractivity contribution in [3.8, 4) is 11.5 Å². The predicted molar refractivity (Wildman–Crippen MR) is 85.9 cm³/mol. The first kappa shape index (κ1) is 15.4. The second-order valence-electron chi connectivity index (χ2n) is 5.13. The topological polar surface area (TPSA) is 44.5 Å². The Hall–Kier alpha value is -2.00. The summed E-state index contributed by atoms with van der Waals surface area (Å²) < 4.78 is 11.5. The van der Waals surface area contributed by atoms with Crippen LogP contribution < -0.4 is 15.2 Å². The molecule has 0 aliphatic rings. The summed E-state index contributed by atoms with van der Waals surface area (Å²) in [5, 5.41) is 0. The lowest BCUT2D eigenvalue weighted by molar-refractivity contribution is 0.245. The molecule has 2 N–H and O–H groups in total. The normalized spacial score (nSPS) is 10.4. The zero-order valence-corrected chi connectivity index (χ0v) is 12.8. The maximum Gasteiger partial charge on any atom is 0.125 e. The molecule has 2 rings (SSSR count). The van der Waals surface area contributed by atoms with Crippen molar-refractivity contribution in [3.63, 3.8) is 0 Å². The molecule has 112 valence electrons. The van der Waals surface area contributed by atoms with E-state index in [4.69, 9.17) is 15.2 Å². The third-order valence-corrected chi connectivity index (χ3v) is 3.30. The summed E-state index contributed by atoms with van der Waals surface area (Å²) in [6.07, 6.45) is 0.854. The van der Waals surface area contributed by atoms with Gasteiger partial charge in [-0.1, -0.05) is 30.3 Å². The predicted octanol–water partition coefficient (Wildman–Crippen LogP) is 3.61. The molecule has 0 radical (unpaired) electrons. The minimum atomic E-state index is 0.562. The zero-order valence-electron chi connectivity index (χ0n) is 12.8. The Morgan fingerprint density at radius 1 is 0.905 bits per heavy atom. The molecule has 0 amide bonds. The molecule has 0 saturated carbocycles. The summed E-state index contributed by atoms with van der Waals surface area (Å²) in [7, 11) is 0. The molecule has 3 nitrogen and oxygen atoms in total. The molecule has 3 heteroatoms. The maximum atomic E-state index is 5.88. The fourth-order valence-corrected chi connectivity index (χ4v) is 2.33. The van der Waals surface area contributed by atoms with Gasteiger partial charge in [-0.25, -0.2) is 0 Å². The Morgan fingerprint density at radius 3 is 2.14 bits per heavy atom. The van der Waals surface area contributed by atoms with Crippen molar-refractivity contribution < 1.29 is 9.47 Å². The molecule has 0 aliphatic heterocycles. The number of rotatable bonds is 7. The van der Waals surface area contributed by atoms with Crippen LogP contribution >= 0.6 is 0 Å². The van der Waals surface area contributed by atoms with Gasteiger partial charge in [0.2, 0.25) is 0 Å². The van der Waals surface area contributed by atoms with Gasteiger partial charge < -0.3 is 15.2 Å². The number of hydrogen-bond donors (Lipinski definition) is 1. The number of aryl methyl sites for hydroxylation is 2. The Kier molecular flexibility index (Phi) is 5.64. The van der Waals surface area contributed by atoms with Crippen LogP contribution in [0.4, 0.5) is 0 Å². The van der Waals surface area contributed by atoms with Gasteiger partial charge in [-0.3, -0.25) is 0 Å². The lowest BCUT2D eigenvalue weighted by atomic mass is 10.1. The van der Waals surface area contributed by atoms with E-state index in [9.17, 15) is 0 Å². The average molecular weight is 285 g/mol. The first-order valence-corrected chi connectivity index (χ1v) is 7.31. The van der Waals surface area contributed by atoms with E-state index in [-0.39, 0.29) is 0 Å². The van der Waals surface area contributed by atoms with Crippen molar-refractivity contribution in [2.24, 2.45) is 5.73 Å². The lowest BCUT2D eigenvalue weighted by Gasteiger charge is -2.14. The molecule has 0 unspecified atom stereocenters. The van der Waals surface area contributed by atoms with Crippen LogP contribution in [-0.4, -0.2) is 13.2 Å². The van der Waals surface area contributed by atoms with Gasteiger partial charge in [0.1, 0.15) is 11.5 Å². The van der Waals surface area contributed by atoms with Crippen LogP contribution in [0.15, 0.2) is 42.5 Å². The van der Waals surface area contributed by atoms with Crippen molar-refractivity contribution in [2.75, 3.05) is 13.2 Å². The second-order valence-corrected chi connectivity index (χ2v) is 5.13. The standard InChI is InChI=1S/C18H23NO2/c1-14-11-16(13-19)12-15(2)18(14)21-10-6-9-20-17-7-4-3-5-8-17/h3-5,7-8,11-12H,6,9-10,13,19H2,1-2H3. The van der Waals surface area contributed by atoms with E-state index in [1.165, 1.54) is 0 Å². The Balaban J connectivity index is 1.79. The van der Waals surface area contributed by atoms with E-state index in [0.29, 0.717) is 19.8 Å². The van der Waals surface area contributed by atoms with E-state index in [0.717, 1.165) is 34.6 Å². The van der Waals surface area contributed by atoms with Crippen LogP contribution in [-0.2, 0) is 6.54 Å². The number of ether oxygens (including phenoxy) is 2. The van der Waals surface area contributed by atoms with Gasteiger partial charge in [-0.15, -0.1) is 0 Å². The number of hydrogen-bond acceptors (Lipinski definition) is 3. The summed E-state index contributed by atoms with van der Waals surface area (Å²) in [6.45, 7) is 5.98. The van der Waals surface area contributed by atoms with Crippen molar-refractivity contribution >= 4 is 0 Å². The molecule has 0 aromatic heterocycles. The third kappa shape index (κ3) is 4.50. The monoisotopic (exact) mass is 285 g/mol. The highest BCUT2D eigenvalue weighted by Gasteiger charge is 2.06. The lowest BCUT2D eigenvalue weighted by Crippen LogP contribution is -2.07. The third-order valence-electron chi connectivity index (χ3n) is 3.30.